The highest BCUT2D eigenvalue weighted by atomic mass is 32.2. The summed E-state index contributed by atoms with van der Waals surface area (Å²) in [6, 6.07) is 0. The first-order valence-electron chi connectivity index (χ1n) is 7.48. The summed E-state index contributed by atoms with van der Waals surface area (Å²) in [6.45, 7) is 4.46. The third-order valence-corrected chi connectivity index (χ3v) is 5.38. The topological polar surface area (TPSA) is 64.9 Å². The largest absolute Gasteiger partial charge is 0.376 e. The molecule has 120 valence electrons. The van der Waals surface area contributed by atoms with Gasteiger partial charge in [0, 0.05) is 17.7 Å². The molecule has 0 unspecified atom stereocenters. The molecule has 1 fully saturated rings. The number of aromatic nitrogens is 4. The average Bonchev–Trinajstić information content (AvgIpc) is 3.22. The summed E-state index contributed by atoms with van der Waals surface area (Å²) in [5.74, 6) is 1.79. The average molecular weight is 339 g/mol. The Labute approximate surface area is 138 Å². The van der Waals surface area contributed by atoms with E-state index >= 15 is 0 Å². The van der Waals surface area contributed by atoms with Crippen molar-refractivity contribution in [3.05, 3.63) is 21.9 Å². The second-order valence-electron chi connectivity index (χ2n) is 5.32. The summed E-state index contributed by atoms with van der Waals surface area (Å²) in [5, 5.41) is 16.0. The van der Waals surface area contributed by atoms with Crippen LogP contribution < -0.4 is 5.32 Å². The van der Waals surface area contributed by atoms with Crippen LogP contribution in [0.25, 0.3) is 0 Å². The van der Waals surface area contributed by atoms with E-state index in [9.17, 15) is 0 Å². The van der Waals surface area contributed by atoms with Gasteiger partial charge in [-0.3, -0.25) is 0 Å². The Hall–Kier alpha value is -0.960. The molecular weight excluding hydrogens is 318 g/mol. The van der Waals surface area contributed by atoms with Crippen molar-refractivity contribution in [1.82, 2.24) is 25.1 Å². The van der Waals surface area contributed by atoms with Crippen molar-refractivity contribution in [3.63, 3.8) is 0 Å². The van der Waals surface area contributed by atoms with Crippen LogP contribution >= 0.6 is 23.1 Å². The van der Waals surface area contributed by atoms with Crippen molar-refractivity contribution in [1.29, 1.82) is 0 Å². The van der Waals surface area contributed by atoms with E-state index in [4.69, 9.17) is 4.74 Å². The van der Waals surface area contributed by atoms with Crippen LogP contribution in [0.1, 0.15) is 29.4 Å². The SMILES string of the molecule is CNCc1nnc(SCc2csc(C)n2)n1C[C@H]1CCCO1. The Morgan fingerprint density at radius 3 is 3.09 bits per heavy atom. The molecule has 3 heterocycles. The van der Waals surface area contributed by atoms with Gasteiger partial charge in [-0.15, -0.1) is 21.5 Å². The van der Waals surface area contributed by atoms with Crippen LogP contribution in [0, 0.1) is 6.92 Å². The molecule has 0 radical (unpaired) electrons. The summed E-state index contributed by atoms with van der Waals surface area (Å²) in [4.78, 5) is 4.51. The molecule has 2 aromatic rings. The molecule has 0 spiro atoms. The number of thiazole rings is 1. The number of ether oxygens (including phenoxy) is 1. The number of rotatable bonds is 7. The fraction of sp³-hybridized carbons (Fsp3) is 0.643. The normalized spacial score (nSPS) is 18.2. The molecule has 3 rings (SSSR count). The van der Waals surface area contributed by atoms with Crippen LogP contribution in [0.4, 0.5) is 0 Å². The molecule has 0 saturated carbocycles. The minimum Gasteiger partial charge on any atom is -0.376 e. The summed E-state index contributed by atoms with van der Waals surface area (Å²) < 4.78 is 7.95. The van der Waals surface area contributed by atoms with Gasteiger partial charge in [0.25, 0.3) is 0 Å². The van der Waals surface area contributed by atoms with Crippen LogP contribution in [0.5, 0.6) is 0 Å². The summed E-state index contributed by atoms with van der Waals surface area (Å²) in [5.41, 5.74) is 1.11. The number of nitrogens with one attached hydrogen (secondary N) is 1. The molecule has 0 amide bonds. The van der Waals surface area contributed by atoms with Crippen molar-refractivity contribution in [2.24, 2.45) is 0 Å². The molecule has 22 heavy (non-hydrogen) atoms. The lowest BCUT2D eigenvalue weighted by Crippen LogP contribution is -2.20. The fourth-order valence-corrected chi connectivity index (χ4v) is 4.08. The number of thioether (sulfide) groups is 1. The van der Waals surface area contributed by atoms with Gasteiger partial charge >= 0.3 is 0 Å². The van der Waals surface area contributed by atoms with Gasteiger partial charge in [0.1, 0.15) is 5.82 Å². The Bertz CT molecular complexity index is 606. The minimum atomic E-state index is 0.285. The van der Waals surface area contributed by atoms with Crippen molar-refractivity contribution < 1.29 is 4.74 Å². The van der Waals surface area contributed by atoms with Gasteiger partial charge in [-0.25, -0.2) is 4.98 Å². The first-order valence-corrected chi connectivity index (χ1v) is 9.35. The number of hydrogen-bond acceptors (Lipinski definition) is 7. The minimum absolute atomic E-state index is 0.285. The molecule has 1 atom stereocenters. The van der Waals surface area contributed by atoms with Crippen molar-refractivity contribution in [2.75, 3.05) is 13.7 Å². The zero-order chi connectivity index (χ0) is 15.4. The first-order chi connectivity index (χ1) is 10.8. The molecule has 8 heteroatoms. The summed E-state index contributed by atoms with van der Waals surface area (Å²) in [7, 11) is 1.93. The standard InChI is InChI=1S/C14H21N5OS2/c1-10-16-11(8-21-10)9-22-14-18-17-13(6-15-2)19(14)7-12-4-3-5-20-12/h8,12,15H,3-7,9H2,1-2H3/t12-/m1/s1. The van der Waals surface area contributed by atoms with Gasteiger partial charge in [0.15, 0.2) is 5.16 Å². The Morgan fingerprint density at radius 2 is 2.41 bits per heavy atom. The van der Waals surface area contributed by atoms with E-state index in [1.807, 2.05) is 14.0 Å². The number of nitrogens with zero attached hydrogens (tertiary/aromatic N) is 4. The Morgan fingerprint density at radius 1 is 1.50 bits per heavy atom. The lowest BCUT2D eigenvalue weighted by Gasteiger charge is -2.14. The Kier molecular flexibility index (Phi) is 5.46. The Balaban J connectivity index is 1.71. The number of hydrogen-bond donors (Lipinski definition) is 1. The molecule has 1 saturated heterocycles. The molecule has 6 nitrogen and oxygen atoms in total. The lowest BCUT2D eigenvalue weighted by molar-refractivity contribution is 0.0941. The van der Waals surface area contributed by atoms with E-state index < -0.39 is 0 Å². The zero-order valence-electron chi connectivity index (χ0n) is 12.9. The molecule has 1 aliphatic rings. The quantitative estimate of drug-likeness (QED) is 0.781. The van der Waals surface area contributed by atoms with Crippen LogP contribution in [0.15, 0.2) is 10.5 Å². The molecule has 0 aromatic carbocycles. The molecule has 1 N–H and O–H groups in total. The predicted octanol–water partition coefficient (Wildman–Crippen LogP) is 2.23. The third kappa shape index (κ3) is 3.87. The molecule has 0 bridgehead atoms. The van der Waals surface area contributed by atoms with Crippen molar-refractivity contribution in [3.8, 4) is 0 Å². The van der Waals surface area contributed by atoms with E-state index in [1.165, 1.54) is 0 Å². The monoisotopic (exact) mass is 339 g/mol. The zero-order valence-corrected chi connectivity index (χ0v) is 14.5. The first kappa shape index (κ1) is 15.9. The van der Waals surface area contributed by atoms with Crippen LogP contribution in [0.3, 0.4) is 0 Å². The maximum Gasteiger partial charge on any atom is 0.191 e. The molecule has 2 aromatic heterocycles. The predicted molar refractivity (Wildman–Crippen MR) is 88.2 cm³/mol. The summed E-state index contributed by atoms with van der Waals surface area (Å²) >= 11 is 3.38. The van der Waals surface area contributed by atoms with Gasteiger partial charge in [-0.05, 0) is 26.8 Å². The van der Waals surface area contributed by atoms with Crippen molar-refractivity contribution >= 4 is 23.1 Å². The van der Waals surface area contributed by atoms with E-state index in [0.29, 0.717) is 0 Å². The van der Waals surface area contributed by atoms with Gasteiger partial charge in [0.05, 0.1) is 29.9 Å². The lowest BCUT2D eigenvalue weighted by atomic mass is 10.2. The maximum absolute atomic E-state index is 5.76. The van der Waals surface area contributed by atoms with Crippen LogP contribution in [-0.2, 0) is 23.6 Å². The van der Waals surface area contributed by atoms with E-state index in [0.717, 1.165) is 60.0 Å². The van der Waals surface area contributed by atoms with Gasteiger partial charge < -0.3 is 14.6 Å². The second-order valence-corrected chi connectivity index (χ2v) is 7.33. The molecular formula is C14H21N5OS2. The number of aryl methyl sites for hydroxylation is 1. The van der Waals surface area contributed by atoms with E-state index in [2.05, 4.69) is 30.4 Å². The van der Waals surface area contributed by atoms with Crippen LogP contribution in [0.2, 0.25) is 0 Å². The second kappa shape index (κ2) is 7.54. The summed E-state index contributed by atoms with van der Waals surface area (Å²) in [6.07, 6.45) is 2.55. The van der Waals surface area contributed by atoms with Gasteiger partial charge in [0.2, 0.25) is 0 Å². The molecule has 0 aliphatic carbocycles. The van der Waals surface area contributed by atoms with Gasteiger partial charge in [-0.1, -0.05) is 11.8 Å². The highest BCUT2D eigenvalue weighted by molar-refractivity contribution is 7.98. The van der Waals surface area contributed by atoms with Gasteiger partial charge in [-0.2, -0.15) is 0 Å². The van der Waals surface area contributed by atoms with E-state index in [1.54, 1.807) is 23.1 Å². The smallest absolute Gasteiger partial charge is 0.191 e. The third-order valence-electron chi connectivity index (χ3n) is 3.55. The van der Waals surface area contributed by atoms with E-state index in [-0.39, 0.29) is 6.10 Å². The van der Waals surface area contributed by atoms with Crippen LogP contribution in [-0.4, -0.2) is 39.5 Å². The fourth-order valence-electron chi connectivity index (χ4n) is 2.50. The maximum atomic E-state index is 5.76. The van der Waals surface area contributed by atoms with Crippen molar-refractivity contribution in [2.45, 2.75) is 49.9 Å². The highest BCUT2D eigenvalue weighted by Crippen LogP contribution is 2.24. The highest BCUT2D eigenvalue weighted by Gasteiger charge is 2.20. The molecule has 1 aliphatic heterocycles.